The summed E-state index contributed by atoms with van der Waals surface area (Å²) >= 11 is 0. The molecule has 132 valence electrons. The van der Waals surface area contributed by atoms with Crippen molar-refractivity contribution < 1.29 is 8.42 Å². The standard InChI is InChI=1S/C16H27N3O2S.HI/c1-3-17-16(19-13-14-22(20,21)4-2)18-12-8-11-15-9-6-5-7-10-15;/h5-7,9-10H,3-4,8,11-14H2,1-2H3,(H2,17,18,19);1H. The fraction of sp³-hybridized carbons (Fsp3) is 0.562. The van der Waals surface area contributed by atoms with Gasteiger partial charge >= 0.3 is 0 Å². The highest BCUT2D eigenvalue weighted by Gasteiger charge is 2.07. The van der Waals surface area contributed by atoms with Gasteiger partial charge in [-0.1, -0.05) is 37.3 Å². The monoisotopic (exact) mass is 453 g/mol. The van der Waals surface area contributed by atoms with Gasteiger partial charge in [-0.25, -0.2) is 8.42 Å². The highest BCUT2D eigenvalue weighted by Crippen LogP contribution is 2.02. The first-order valence-electron chi connectivity index (χ1n) is 7.84. The number of nitrogens with zero attached hydrogens (tertiary/aromatic N) is 1. The van der Waals surface area contributed by atoms with E-state index in [1.807, 2.05) is 25.1 Å². The lowest BCUT2D eigenvalue weighted by Gasteiger charge is -2.11. The van der Waals surface area contributed by atoms with Gasteiger partial charge < -0.3 is 10.6 Å². The van der Waals surface area contributed by atoms with E-state index in [2.05, 4.69) is 27.8 Å². The Morgan fingerprint density at radius 1 is 1.13 bits per heavy atom. The third-order valence-corrected chi connectivity index (χ3v) is 4.93. The fourth-order valence-electron chi connectivity index (χ4n) is 1.93. The molecule has 0 aliphatic heterocycles. The van der Waals surface area contributed by atoms with Crippen molar-refractivity contribution >= 4 is 39.8 Å². The van der Waals surface area contributed by atoms with Crippen molar-refractivity contribution in [1.29, 1.82) is 0 Å². The number of hydrogen-bond acceptors (Lipinski definition) is 3. The highest BCUT2D eigenvalue weighted by atomic mass is 127. The zero-order chi connectivity index (χ0) is 16.3. The predicted octanol–water partition coefficient (Wildman–Crippen LogP) is 2.23. The molecule has 0 spiro atoms. The molecule has 0 atom stereocenters. The van der Waals surface area contributed by atoms with Crippen LogP contribution in [-0.4, -0.2) is 45.5 Å². The van der Waals surface area contributed by atoms with Gasteiger partial charge in [0.05, 0.1) is 5.75 Å². The van der Waals surface area contributed by atoms with Gasteiger partial charge in [-0.15, -0.1) is 24.0 Å². The summed E-state index contributed by atoms with van der Waals surface area (Å²) in [5, 5.41) is 6.20. The maximum Gasteiger partial charge on any atom is 0.191 e. The van der Waals surface area contributed by atoms with E-state index in [-0.39, 0.29) is 35.5 Å². The van der Waals surface area contributed by atoms with Crippen LogP contribution in [0.4, 0.5) is 0 Å². The van der Waals surface area contributed by atoms with Crippen molar-refractivity contribution in [2.45, 2.75) is 26.7 Å². The molecule has 0 unspecified atom stereocenters. The molecule has 1 rings (SSSR count). The smallest absolute Gasteiger partial charge is 0.191 e. The van der Waals surface area contributed by atoms with E-state index < -0.39 is 9.84 Å². The number of halogens is 1. The Labute approximate surface area is 157 Å². The first kappa shape index (κ1) is 22.2. The minimum atomic E-state index is -2.94. The summed E-state index contributed by atoms with van der Waals surface area (Å²) in [5.74, 6) is 0.999. The van der Waals surface area contributed by atoms with Crippen molar-refractivity contribution in [3.8, 4) is 0 Å². The Morgan fingerprint density at radius 3 is 2.43 bits per heavy atom. The van der Waals surface area contributed by atoms with Gasteiger partial charge in [0.1, 0.15) is 0 Å². The van der Waals surface area contributed by atoms with Gasteiger partial charge in [0.15, 0.2) is 15.8 Å². The maximum atomic E-state index is 11.5. The van der Waals surface area contributed by atoms with Crippen LogP contribution in [0.1, 0.15) is 25.8 Å². The average molecular weight is 453 g/mol. The van der Waals surface area contributed by atoms with E-state index in [0.717, 1.165) is 19.4 Å². The lowest BCUT2D eigenvalue weighted by molar-refractivity contribution is 0.595. The average Bonchev–Trinajstić information content (AvgIpc) is 2.52. The Bertz CT molecular complexity index is 548. The Morgan fingerprint density at radius 2 is 1.83 bits per heavy atom. The lowest BCUT2D eigenvalue weighted by atomic mass is 10.1. The second-order valence-electron chi connectivity index (χ2n) is 5.01. The zero-order valence-electron chi connectivity index (χ0n) is 13.9. The molecule has 2 N–H and O–H groups in total. The van der Waals surface area contributed by atoms with Gasteiger partial charge in [-0.3, -0.25) is 4.99 Å². The van der Waals surface area contributed by atoms with Crippen LogP contribution in [0.5, 0.6) is 0 Å². The van der Waals surface area contributed by atoms with Crippen LogP contribution in [0.15, 0.2) is 35.3 Å². The van der Waals surface area contributed by atoms with Crippen LogP contribution in [0.25, 0.3) is 0 Å². The number of guanidine groups is 1. The molecule has 0 fully saturated rings. The van der Waals surface area contributed by atoms with E-state index in [0.29, 0.717) is 19.0 Å². The molecular weight excluding hydrogens is 425 g/mol. The number of aryl methyl sites for hydroxylation is 1. The minimum Gasteiger partial charge on any atom is -0.357 e. The Hall–Kier alpha value is -0.830. The molecule has 7 heteroatoms. The van der Waals surface area contributed by atoms with E-state index in [1.54, 1.807) is 6.92 Å². The van der Waals surface area contributed by atoms with E-state index in [9.17, 15) is 8.42 Å². The number of aliphatic imine (C=N–C) groups is 1. The second-order valence-corrected chi connectivity index (χ2v) is 7.49. The van der Waals surface area contributed by atoms with Crippen LogP contribution < -0.4 is 10.6 Å². The normalized spacial score (nSPS) is 11.7. The van der Waals surface area contributed by atoms with E-state index in [1.165, 1.54) is 5.56 Å². The maximum absolute atomic E-state index is 11.5. The molecular formula is C16H28IN3O2S. The summed E-state index contributed by atoms with van der Waals surface area (Å²) in [4.78, 5) is 4.47. The van der Waals surface area contributed by atoms with Crippen LogP contribution in [0.3, 0.4) is 0 Å². The number of rotatable bonds is 9. The van der Waals surface area contributed by atoms with E-state index >= 15 is 0 Å². The molecule has 0 amide bonds. The predicted molar refractivity (Wildman–Crippen MR) is 108 cm³/mol. The van der Waals surface area contributed by atoms with Gasteiger partial charge in [0.2, 0.25) is 0 Å². The third kappa shape index (κ3) is 10.5. The number of hydrogen-bond donors (Lipinski definition) is 2. The van der Waals surface area contributed by atoms with Crippen molar-refractivity contribution in [2.24, 2.45) is 4.99 Å². The van der Waals surface area contributed by atoms with Crippen LogP contribution in [0, 0.1) is 0 Å². The van der Waals surface area contributed by atoms with E-state index in [4.69, 9.17) is 0 Å². The zero-order valence-corrected chi connectivity index (χ0v) is 17.1. The number of nitrogens with one attached hydrogen (secondary N) is 2. The molecule has 0 radical (unpaired) electrons. The first-order chi connectivity index (χ1) is 10.6. The molecule has 1 aromatic carbocycles. The van der Waals surface area contributed by atoms with Crippen LogP contribution >= 0.6 is 24.0 Å². The number of benzene rings is 1. The molecule has 0 aliphatic rings. The molecule has 1 aromatic rings. The summed E-state index contributed by atoms with van der Waals surface area (Å²) in [6.07, 6.45) is 1.96. The summed E-state index contributed by atoms with van der Waals surface area (Å²) in [5.41, 5.74) is 1.31. The fourth-order valence-corrected chi connectivity index (χ4v) is 2.63. The molecule has 23 heavy (non-hydrogen) atoms. The molecule has 0 saturated heterocycles. The van der Waals surface area contributed by atoms with Crippen molar-refractivity contribution in [1.82, 2.24) is 10.6 Å². The Balaban J connectivity index is 0.00000484. The first-order valence-corrected chi connectivity index (χ1v) is 9.66. The number of sulfone groups is 1. The largest absolute Gasteiger partial charge is 0.357 e. The van der Waals surface area contributed by atoms with Crippen molar-refractivity contribution in [3.63, 3.8) is 0 Å². The van der Waals surface area contributed by atoms with Gasteiger partial charge in [0.25, 0.3) is 0 Å². The molecule has 5 nitrogen and oxygen atoms in total. The van der Waals surface area contributed by atoms with Crippen LogP contribution in [0.2, 0.25) is 0 Å². The summed E-state index contributed by atoms with van der Waals surface area (Å²) in [6.45, 7) is 5.51. The van der Waals surface area contributed by atoms with Gasteiger partial charge in [0, 0.05) is 25.4 Å². The molecule has 0 aromatic heterocycles. The molecule has 0 bridgehead atoms. The third-order valence-electron chi connectivity index (χ3n) is 3.23. The summed E-state index contributed by atoms with van der Waals surface area (Å²) in [6, 6.07) is 10.3. The Kier molecular flexibility index (Phi) is 12.1. The minimum absolute atomic E-state index is 0. The van der Waals surface area contributed by atoms with Gasteiger partial charge in [-0.2, -0.15) is 0 Å². The van der Waals surface area contributed by atoms with Crippen molar-refractivity contribution in [3.05, 3.63) is 35.9 Å². The quantitative estimate of drug-likeness (QED) is 0.261. The van der Waals surface area contributed by atoms with Crippen molar-refractivity contribution in [2.75, 3.05) is 31.1 Å². The molecule has 0 aliphatic carbocycles. The highest BCUT2D eigenvalue weighted by molar-refractivity contribution is 14.0. The molecule has 0 heterocycles. The topological polar surface area (TPSA) is 70.6 Å². The molecule has 0 saturated carbocycles. The summed E-state index contributed by atoms with van der Waals surface area (Å²) in [7, 11) is -2.94. The lowest BCUT2D eigenvalue weighted by Crippen LogP contribution is -2.39. The van der Waals surface area contributed by atoms with Gasteiger partial charge in [-0.05, 0) is 25.3 Å². The second kappa shape index (κ2) is 12.6. The summed E-state index contributed by atoms with van der Waals surface area (Å²) < 4.78 is 22.9. The van der Waals surface area contributed by atoms with Crippen LogP contribution in [-0.2, 0) is 16.3 Å². The SMILES string of the molecule is CCNC(=NCCCc1ccccc1)NCCS(=O)(=O)CC.I.